The Morgan fingerprint density at radius 2 is 1.64 bits per heavy atom. The lowest BCUT2D eigenvalue weighted by molar-refractivity contribution is 0.0842. The predicted octanol–water partition coefficient (Wildman–Crippen LogP) is 7.01. The Bertz CT molecular complexity index is 1170. The normalized spacial score (nSPS) is 19.1. The van der Waals surface area contributed by atoms with Crippen LogP contribution in [0.25, 0.3) is 21.8 Å². The van der Waals surface area contributed by atoms with Crippen molar-refractivity contribution in [1.29, 1.82) is 0 Å². The number of benzene rings is 2. The molecule has 1 saturated heterocycles. The molecule has 1 N–H and O–H groups in total. The Morgan fingerprint density at radius 1 is 0.970 bits per heavy atom. The van der Waals surface area contributed by atoms with Gasteiger partial charge >= 0.3 is 0 Å². The van der Waals surface area contributed by atoms with Crippen LogP contribution in [0.1, 0.15) is 25.7 Å². The average molecular weight is 481 g/mol. The number of hydrogen-bond acceptors (Lipinski definition) is 2. The van der Waals surface area contributed by atoms with Crippen molar-refractivity contribution in [2.45, 2.75) is 38.3 Å². The van der Waals surface area contributed by atoms with Crippen LogP contribution in [0.3, 0.4) is 0 Å². The third-order valence-electron chi connectivity index (χ3n) is 6.91. The molecule has 2 heterocycles. The van der Waals surface area contributed by atoms with Gasteiger partial charge in [-0.1, -0.05) is 53.6 Å². The Labute approximate surface area is 205 Å². The molecule has 172 valence electrons. The van der Waals surface area contributed by atoms with E-state index in [0.29, 0.717) is 29.1 Å². The summed E-state index contributed by atoms with van der Waals surface area (Å²) in [5.41, 5.74) is 3.59. The van der Waals surface area contributed by atoms with Gasteiger partial charge in [0.05, 0.1) is 12.6 Å². The van der Waals surface area contributed by atoms with E-state index in [1.807, 2.05) is 36.4 Å². The quantitative estimate of drug-likeness (QED) is 0.410. The van der Waals surface area contributed by atoms with Crippen molar-refractivity contribution in [3.63, 3.8) is 0 Å². The first kappa shape index (κ1) is 22.7. The number of aromatic nitrogens is 1. The van der Waals surface area contributed by atoms with Gasteiger partial charge in [-0.15, -0.1) is 0 Å². The molecule has 0 spiro atoms. The van der Waals surface area contributed by atoms with Gasteiger partial charge in [-0.2, -0.15) is 0 Å². The van der Waals surface area contributed by atoms with E-state index in [-0.39, 0.29) is 0 Å². The van der Waals surface area contributed by atoms with Gasteiger partial charge in [0.25, 0.3) is 0 Å². The highest BCUT2D eigenvalue weighted by molar-refractivity contribution is 6.33. The number of piperidine rings is 1. The molecule has 1 unspecified atom stereocenters. The monoisotopic (exact) mass is 480 g/mol. The van der Waals surface area contributed by atoms with E-state index < -0.39 is 6.10 Å². The highest BCUT2D eigenvalue weighted by Gasteiger charge is 2.21. The maximum absolute atomic E-state index is 11.0. The van der Waals surface area contributed by atoms with Crippen LogP contribution < -0.4 is 0 Å². The van der Waals surface area contributed by atoms with Gasteiger partial charge in [0.2, 0.25) is 0 Å². The van der Waals surface area contributed by atoms with Gasteiger partial charge in [-0.3, -0.25) is 0 Å². The zero-order valence-electron chi connectivity index (χ0n) is 18.8. The van der Waals surface area contributed by atoms with E-state index in [1.54, 1.807) is 0 Å². The summed E-state index contributed by atoms with van der Waals surface area (Å²) in [6.07, 6.45) is 15.5. The van der Waals surface area contributed by atoms with E-state index in [2.05, 4.69) is 39.8 Å². The van der Waals surface area contributed by atoms with Crippen molar-refractivity contribution in [3.05, 3.63) is 82.4 Å². The molecule has 3 nitrogen and oxygen atoms in total. The molecule has 0 saturated carbocycles. The fraction of sp³-hybridized carbons (Fsp3) is 0.357. The average Bonchev–Trinajstić information content (AvgIpc) is 3.11. The Hall–Kier alpha value is -2.04. The molecule has 0 bridgehead atoms. The molecule has 0 amide bonds. The van der Waals surface area contributed by atoms with Crippen LogP contribution in [-0.4, -0.2) is 40.3 Å². The standard InChI is InChI=1S/C28H30Cl2N2O/c29-22-8-10-27-25(16-22)26-17-23(30)9-11-28(26)32(27)19-24(33)18-31-14-12-21(13-15-31)7-6-20-4-2-1-3-5-20/h1-2,4,6-11,16-17,21,24,33H,3,5,12-15,18-19H2/b7-6+. The van der Waals surface area contributed by atoms with Crippen molar-refractivity contribution in [2.75, 3.05) is 19.6 Å². The van der Waals surface area contributed by atoms with E-state index in [1.165, 1.54) is 5.57 Å². The van der Waals surface area contributed by atoms with Crippen LogP contribution in [0.5, 0.6) is 0 Å². The minimum Gasteiger partial charge on any atom is -0.390 e. The van der Waals surface area contributed by atoms with Crippen LogP contribution in [0, 0.1) is 5.92 Å². The number of halogens is 2. The number of β-amino-alcohol motifs (C(OH)–C–C–N with tert-alkyl or cyclic N) is 1. The summed E-state index contributed by atoms with van der Waals surface area (Å²) in [6, 6.07) is 11.9. The largest absolute Gasteiger partial charge is 0.390 e. The lowest BCUT2D eigenvalue weighted by Gasteiger charge is -2.32. The van der Waals surface area contributed by atoms with Crippen molar-refractivity contribution < 1.29 is 5.11 Å². The molecule has 1 aliphatic heterocycles. The molecule has 5 rings (SSSR count). The zero-order valence-corrected chi connectivity index (χ0v) is 20.3. The van der Waals surface area contributed by atoms with E-state index in [0.717, 1.165) is 60.6 Å². The Kier molecular flexibility index (Phi) is 6.94. The van der Waals surface area contributed by atoms with Gasteiger partial charge < -0.3 is 14.6 Å². The molecule has 0 radical (unpaired) electrons. The van der Waals surface area contributed by atoms with Crippen molar-refractivity contribution in [2.24, 2.45) is 5.92 Å². The summed E-state index contributed by atoms with van der Waals surface area (Å²) in [4.78, 5) is 2.40. The maximum atomic E-state index is 11.0. The maximum Gasteiger partial charge on any atom is 0.0845 e. The Balaban J connectivity index is 1.23. The second kappa shape index (κ2) is 10.1. The number of aliphatic hydroxyl groups excluding tert-OH is 1. The number of nitrogens with zero attached hydrogens (tertiary/aromatic N) is 2. The molecule has 1 aromatic heterocycles. The number of aliphatic hydroxyl groups is 1. The molecule has 33 heavy (non-hydrogen) atoms. The molecular formula is C28H30Cl2N2O. The summed E-state index contributed by atoms with van der Waals surface area (Å²) >= 11 is 12.5. The third kappa shape index (κ3) is 5.22. The van der Waals surface area contributed by atoms with Crippen LogP contribution >= 0.6 is 23.2 Å². The molecule has 1 fully saturated rings. The zero-order chi connectivity index (χ0) is 22.8. The van der Waals surface area contributed by atoms with Crippen molar-refractivity contribution in [1.82, 2.24) is 9.47 Å². The minimum atomic E-state index is -0.443. The first-order valence-corrected chi connectivity index (χ1v) is 12.6. The van der Waals surface area contributed by atoms with Gasteiger partial charge in [-0.05, 0) is 86.7 Å². The van der Waals surface area contributed by atoms with Crippen LogP contribution in [0.15, 0.2) is 72.4 Å². The second-order valence-electron chi connectivity index (χ2n) is 9.29. The highest BCUT2D eigenvalue weighted by atomic mass is 35.5. The number of fused-ring (bicyclic) bond motifs is 3. The number of allylic oxidation sites excluding steroid dienone is 6. The summed E-state index contributed by atoms with van der Waals surface area (Å²) in [7, 11) is 0. The van der Waals surface area contributed by atoms with Crippen molar-refractivity contribution >= 4 is 45.0 Å². The lowest BCUT2D eigenvalue weighted by atomic mass is 9.94. The topological polar surface area (TPSA) is 28.4 Å². The lowest BCUT2D eigenvalue weighted by Crippen LogP contribution is -2.39. The van der Waals surface area contributed by atoms with E-state index in [9.17, 15) is 5.11 Å². The third-order valence-corrected chi connectivity index (χ3v) is 7.38. The molecular weight excluding hydrogens is 451 g/mol. The molecule has 1 aliphatic carbocycles. The highest BCUT2D eigenvalue weighted by Crippen LogP contribution is 2.33. The van der Waals surface area contributed by atoms with Gasteiger partial charge in [0, 0.05) is 38.4 Å². The van der Waals surface area contributed by atoms with E-state index in [4.69, 9.17) is 23.2 Å². The number of rotatable bonds is 6. The number of likely N-dealkylation sites (tertiary alicyclic amines) is 1. The van der Waals surface area contributed by atoms with Crippen LogP contribution in [0.2, 0.25) is 10.0 Å². The van der Waals surface area contributed by atoms with Gasteiger partial charge in [0.1, 0.15) is 0 Å². The van der Waals surface area contributed by atoms with Crippen molar-refractivity contribution in [3.8, 4) is 0 Å². The fourth-order valence-corrected chi connectivity index (χ4v) is 5.50. The molecule has 3 aromatic rings. The van der Waals surface area contributed by atoms with Crippen LogP contribution in [-0.2, 0) is 6.54 Å². The predicted molar refractivity (Wildman–Crippen MR) is 140 cm³/mol. The SMILES string of the molecule is OC(CN1CCC(/C=C/C2=CC=CCC2)CC1)Cn1c2ccc(Cl)cc2c2cc(Cl)ccc21. The molecule has 5 heteroatoms. The molecule has 2 aliphatic rings. The fourth-order valence-electron chi connectivity index (χ4n) is 5.16. The molecule has 1 atom stereocenters. The number of hydrogen-bond donors (Lipinski definition) is 1. The first-order valence-electron chi connectivity index (χ1n) is 11.9. The molecule has 2 aromatic carbocycles. The van der Waals surface area contributed by atoms with Crippen LogP contribution in [0.4, 0.5) is 0 Å². The van der Waals surface area contributed by atoms with Gasteiger partial charge in [0.15, 0.2) is 0 Å². The van der Waals surface area contributed by atoms with E-state index >= 15 is 0 Å². The Morgan fingerprint density at radius 3 is 2.24 bits per heavy atom. The van der Waals surface area contributed by atoms with Gasteiger partial charge in [-0.25, -0.2) is 0 Å². The first-order chi connectivity index (χ1) is 16.1. The second-order valence-corrected chi connectivity index (χ2v) is 10.2. The summed E-state index contributed by atoms with van der Waals surface area (Å²) in [6.45, 7) is 3.30. The summed E-state index contributed by atoms with van der Waals surface area (Å²) < 4.78 is 2.20. The summed E-state index contributed by atoms with van der Waals surface area (Å²) in [5.74, 6) is 0.636. The smallest absolute Gasteiger partial charge is 0.0845 e. The summed E-state index contributed by atoms with van der Waals surface area (Å²) in [5, 5.41) is 14.6. The minimum absolute atomic E-state index is 0.443.